The van der Waals surface area contributed by atoms with E-state index >= 15 is 0 Å². The number of para-hydroxylation sites is 3. The fourth-order valence-electron chi connectivity index (χ4n) is 2.57. The second-order valence-corrected chi connectivity index (χ2v) is 5.52. The lowest BCUT2D eigenvalue weighted by Crippen LogP contribution is -2.16. The summed E-state index contributed by atoms with van der Waals surface area (Å²) >= 11 is 0. The molecule has 3 rings (SSSR count). The zero-order valence-electron chi connectivity index (χ0n) is 13.1. The third kappa shape index (κ3) is 4.21. The molecule has 4 nitrogen and oxygen atoms in total. The van der Waals surface area contributed by atoms with Gasteiger partial charge in [0, 0.05) is 6.54 Å². The molecule has 0 aliphatic carbocycles. The highest BCUT2D eigenvalue weighted by molar-refractivity contribution is 5.74. The fraction of sp³-hybridized carbons (Fsp3) is 0.333. The van der Waals surface area contributed by atoms with Crippen molar-refractivity contribution in [2.45, 2.75) is 25.7 Å². The topological polar surface area (TPSA) is 42.5 Å². The highest BCUT2D eigenvalue weighted by Crippen LogP contribution is 2.26. The second kappa shape index (κ2) is 7.44. The minimum Gasteiger partial charge on any atom is -0.383 e. The lowest BCUT2D eigenvalue weighted by atomic mass is 10.2. The molecular formula is C18H21FN2O2. The van der Waals surface area contributed by atoms with Crippen LogP contribution in [0, 0.1) is 5.82 Å². The van der Waals surface area contributed by atoms with Gasteiger partial charge in [0.1, 0.15) is 5.82 Å². The van der Waals surface area contributed by atoms with E-state index in [0.29, 0.717) is 12.3 Å². The highest BCUT2D eigenvalue weighted by Gasteiger charge is 2.21. The van der Waals surface area contributed by atoms with Gasteiger partial charge in [0.2, 0.25) is 0 Å². The molecule has 2 aromatic carbocycles. The summed E-state index contributed by atoms with van der Waals surface area (Å²) in [5.74, 6) is -0.271. The largest absolute Gasteiger partial charge is 0.383 e. The zero-order chi connectivity index (χ0) is 16.1. The Balaban J connectivity index is 1.60. The summed E-state index contributed by atoms with van der Waals surface area (Å²) in [5, 5.41) is 6.51. The molecule has 0 radical (unpaired) electrons. The first kappa shape index (κ1) is 15.8. The Kier molecular flexibility index (Phi) is 5.10. The smallest absolute Gasteiger partial charge is 0.155 e. The fourth-order valence-corrected chi connectivity index (χ4v) is 2.57. The summed E-state index contributed by atoms with van der Waals surface area (Å²) in [7, 11) is 0. The number of benzene rings is 2. The van der Waals surface area contributed by atoms with Gasteiger partial charge >= 0.3 is 0 Å². The zero-order valence-corrected chi connectivity index (χ0v) is 13.1. The number of anilines is 3. The molecule has 122 valence electrons. The standard InChI is InChI=1S/C18H21FN2O2/c1-13-22-12-14(23-13)10-11-20-17-8-4-5-9-18(17)21-16-7-3-2-6-15(16)19/h2-9,13-14,20-21H,10-12H2,1H3/t13?,14-/m0/s1. The van der Waals surface area contributed by atoms with Crippen LogP contribution in [0.25, 0.3) is 0 Å². The minimum atomic E-state index is -0.271. The first-order chi connectivity index (χ1) is 11.2. The van der Waals surface area contributed by atoms with Crippen LogP contribution in [0.2, 0.25) is 0 Å². The van der Waals surface area contributed by atoms with Crippen LogP contribution < -0.4 is 10.6 Å². The van der Waals surface area contributed by atoms with Crippen molar-refractivity contribution in [1.29, 1.82) is 0 Å². The van der Waals surface area contributed by atoms with E-state index in [4.69, 9.17) is 9.47 Å². The number of ether oxygens (including phenoxy) is 2. The number of halogens is 1. The molecule has 0 aromatic heterocycles. The molecule has 23 heavy (non-hydrogen) atoms. The Bertz CT molecular complexity index is 650. The Hall–Kier alpha value is -2.11. The van der Waals surface area contributed by atoms with Crippen molar-refractivity contribution in [2.24, 2.45) is 0 Å². The van der Waals surface area contributed by atoms with Crippen LogP contribution in [0.5, 0.6) is 0 Å². The quantitative estimate of drug-likeness (QED) is 0.841. The van der Waals surface area contributed by atoms with E-state index in [-0.39, 0.29) is 18.2 Å². The molecule has 0 spiro atoms. The van der Waals surface area contributed by atoms with Crippen molar-refractivity contribution in [1.82, 2.24) is 0 Å². The average molecular weight is 316 g/mol. The van der Waals surface area contributed by atoms with Crippen molar-refractivity contribution in [2.75, 3.05) is 23.8 Å². The van der Waals surface area contributed by atoms with Crippen LogP contribution in [0.3, 0.4) is 0 Å². The van der Waals surface area contributed by atoms with Gasteiger partial charge in [0.15, 0.2) is 6.29 Å². The number of nitrogens with one attached hydrogen (secondary N) is 2. The maximum absolute atomic E-state index is 13.8. The van der Waals surface area contributed by atoms with Crippen LogP contribution in [-0.4, -0.2) is 25.5 Å². The van der Waals surface area contributed by atoms with Crippen LogP contribution in [-0.2, 0) is 9.47 Å². The van der Waals surface area contributed by atoms with Gasteiger partial charge in [-0.1, -0.05) is 24.3 Å². The van der Waals surface area contributed by atoms with Crippen molar-refractivity contribution in [3.63, 3.8) is 0 Å². The van der Waals surface area contributed by atoms with Crippen LogP contribution >= 0.6 is 0 Å². The van der Waals surface area contributed by atoms with Gasteiger partial charge in [-0.2, -0.15) is 0 Å². The Labute approximate surface area is 135 Å². The van der Waals surface area contributed by atoms with Gasteiger partial charge in [0.05, 0.1) is 29.8 Å². The molecule has 1 aliphatic rings. The second-order valence-electron chi connectivity index (χ2n) is 5.52. The summed E-state index contributed by atoms with van der Waals surface area (Å²) in [6, 6.07) is 14.4. The Morgan fingerprint density at radius 3 is 2.43 bits per heavy atom. The van der Waals surface area contributed by atoms with Crippen LogP contribution in [0.15, 0.2) is 48.5 Å². The first-order valence-corrected chi connectivity index (χ1v) is 7.84. The van der Waals surface area contributed by atoms with E-state index in [1.54, 1.807) is 18.2 Å². The van der Waals surface area contributed by atoms with Crippen molar-refractivity contribution < 1.29 is 13.9 Å². The minimum absolute atomic E-state index is 0.116. The van der Waals surface area contributed by atoms with Gasteiger partial charge in [-0.15, -0.1) is 0 Å². The predicted molar refractivity (Wildman–Crippen MR) is 89.5 cm³/mol. The van der Waals surface area contributed by atoms with Gasteiger partial charge in [0.25, 0.3) is 0 Å². The molecule has 1 fully saturated rings. The SMILES string of the molecule is CC1OC[C@H](CCNc2ccccc2Nc2ccccc2F)O1. The molecule has 5 heteroatoms. The summed E-state index contributed by atoms with van der Waals surface area (Å²) in [4.78, 5) is 0. The number of hydrogen-bond acceptors (Lipinski definition) is 4. The highest BCUT2D eigenvalue weighted by atomic mass is 19.1. The Morgan fingerprint density at radius 2 is 1.74 bits per heavy atom. The lowest BCUT2D eigenvalue weighted by molar-refractivity contribution is -0.0425. The van der Waals surface area contributed by atoms with E-state index in [0.717, 1.165) is 24.3 Å². The first-order valence-electron chi connectivity index (χ1n) is 7.84. The molecular weight excluding hydrogens is 295 g/mol. The van der Waals surface area contributed by atoms with Crippen LogP contribution in [0.1, 0.15) is 13.3 Å². The monoisotopic (exact) mass is 316 g/mol. The average Bonchev–Trinajstić information content (AvgIpc) is 2.97. The Morgan fingerprint density at radius 1 is 1.04 bits per heavy atom. The number of rotatable bonds is 6. The summed E-state index contributed by atoms with van der Waals surface area (Å²) < 4.78 is 24.8. The van der Waals surface area contributed by atoms with Gasteiger partial charge in [-0.05, 0) is 37.6 Å². The maximum atomic E-state index is 13.8. The van der Waals surface area contributed by atoms with Crippen molar-refractivity contribution >= 4 is 17.1 Å². The van der Waals surface area contributed by atoms with Crippen LogP contribution in [0.4, 0.5) is 21.5 Å². The molecule has 0 saturated carbocycles. The maximum Gasteiger partial charge on any atom is 0.155 e. The number of hydrogen-bond donors (Lipinski definition) is 2. The van der Waals surface area contributed by atoms with E-state index in [9.17, 15) is 4.39 Å². The van der Waals surface area contributed by atoms with Gasteiger partial charge < -0.3 is 20.1 Å². The molecule has 1 unspecified atom stereocenters. The summed E-state index contributed by atoms with van der Waals surface area (Å²) in [5.41, 5.74) is 2.24. The third-order valence-electron chi connectivity index (χ3n) is 3.75. The molecule has 1 aliphatic heterocycles. The molecule has 1 saturated heterocycles. The molecule has 0 amide bonds. The van der Waals surface area contributed by atoms with Gasteiger partial charge in [-0.25, -0.2) is 4.39 Å². The normalized spacial score (nSPS) is 20.4. The molecule has 2 atom stereocenters. The lowest BCUT2D eigenvalue weighted by Gasteiger charge is -2.15. The molecule has 2 N–H and O–H groups in total. The predicted octanol–water partition coefficient (Wildman–Crippen LogP) is 4.13. The van der Waals surface area contributed by atoms with Gasteiger partial charge in [-0.3, -0.25) is 0 Å². The van der Waals surface area contributed by atoms with Crippen molar-refractivity contribution in [3.8, 4) is 0 Å². The summed E-state index contributed by atoms with van der Waals surface area (Å²) in [6.45, 7) is 3.30. The summed E-state index contributed by atoms with van der Waals surface area (Å²) in [6.07, 6.45) is 0.873. The third-order valence-corrected chi connectivity index (χ3v) is 3.75. The van der Waals surface area contributed by atoms with E-state index < -0.39 is 0 Å². The van der Waals surface area contributed by atoms with E-state index in [1.165, 1.54) is 6.07 Å². The molecule has 1 heterocycles. The van der Waals surface area contributed by atoms with E-state index in [2.05, 4.69) is 10.6 Å². The van der Waals surface area contributed by atoms with E-state index in [1.807, 2.05) is 31.2 Å². The molecule has 2 aromatic rings. The molecule has 0 bridgehead atoms. The van der Waals surface area contributed by atoms with Crippen molar-refractivity contribution in [3.05, 3.63) is 54.3 Å².